The van der Waals surface area contributed by atoms with E-state index in [4.69, 9.17) is 10.3 Å². The number of carbonyl (C=O) groups is 1. The number of cyclic esters (lactones) is 1. The molecule has 0 radical (unpaired) electrons. The molecule has 0 aromatic carbocycles. The Morgan fingerprint density at radius 3 is 2.63 bits per heavy atom. The highest BCUT2D eigenvalue weighted by Crippen LogP contribution is 2.21. The molecule has 2 unspecified atom stereocenters. The van der Waals surface area contributed by atoms with Gasteiger partial charge in [0.15, 0.2) is 0 Å². The second kappa shape index (κ2) is 6.36. The first kappa shape index (κ1) is 15.9. The van der Waals surface area contributed by atoms with Crippen molar-refractivity contribution in [2.45, 2.75) is 63.5 Å². The molecule has 1 rings (SSSR count). The van der Waals surface area contributed by atoms with Gasteiger partial charge in [-0.05, 0) is 46.1 Å². The third kappa shape index (κ3) is 4.49. The number of esters is 1. The van der Waals surface area contributed by atoms with Gasteiger partial charge in [-0.15, -0.1) is 0 Å². The van der Waals surface area contributed by atoms with Gasteiger partial charge in [0.2, 0.25) is 0 Å². The first-order valence-electron chi connectivity index (χ1n) is 6.18. The van der Waals surface area contributed by atoms with Crippen LogP contribution >= 0.6 is 0 Å². The zero-order chi connectivity index (χ0) is 14.6. The maximum Gasteiger partial charge on any atom is 0.315 e. The molecule has 1 N–H and O–H groups in total. The predicted molar refractivity (Wildman–Crippen MR) is 72.5 cm³/mol. The fraction of sp³-hybridized carbons (Fsp3) is 0.909. The zero-order valence-electron chi connectivity index (χ0n) is 11.6. The molecule has 1 aliphatic rings. The van der Waals surface area contributed by atoms with E-state index in [9.17, 15) is 9.00 Å². The summed E-state index contributed by atoms with van der Waals surface area (Å²) in [4.78, 5) is 14.2. The van der Waals surface area contributed by atoms with Crippen LogP contribution in [0.4, 0.5) is 0 Å². The van der Waals surface area contributed by atoms with Crippen molar-refractivity contribution in [3.05, 3.63) is 10.4 Å². The third-order valence-corrected chi connectivity index (χ3v) is 4.56. The molecule has 8 heteroatoms. The van der Waals surface area contributed by atoms with Gasteiger partial charge in [-0.1, -0.05) is 5.11 Å². The van der Waals surface area contributed by atoms with E-state index < -0.39 is 23.0 Å². The van der Waals surface area contributed by atoms with Crippen LogP contribution in [0.5, 0.6) is 0 Å². The summed E-state index contributed by atoms with van der Waals surface area (Å²) in [6.45, 7) is 7.43. The minimum Gasteiger partial charge on any atom is -0.460 e. The van der Waals surface area contributed by atoms with Crippen LogP contribution < -0.4 is 4.72 Å². The summed E-state index contributed by atoms with van der Waals surface area (Å²) in [5, 5.41) is 3.38. The van der Waals surface area contributed by atoms with Gasteiger partial charge in [-0.2, -0.15) is 0 Å². The average molecular weight is 288 g/mol. The number of nitrogens with one attached hydrogen (secondary N) is 1. The van der Waals surface area contributed by atoms with Crippen LogP contribution in [0, 0.1) is 0 Å². The van der Waals surface area contributed by atoms with Crippen LogP contribution in [0.1, 0.15) is 40.5 Å². The molecule has 1 fully saturated rings. The van der Waals surface area contributed by atoms with Gasteiger partial charge in [-0.3, -0.25) is 4.79 Å². The van der Waals surface area contributed by atoms with E-state index in [-0.39, 0.29) is 16.9 Å². The lowest BCUT2D eigenvalue weighted by molar-refractivity contribution is -0.156. The lowest BCUT2D eigenvalue weighted by atomic mass is 10.0. The van der Waals surface area contributed by atoms with Crippen LogP contribution in [0.3, 0.4) is 0 Å². The Morgan fingerprint density at radius 2 is 2.16 bits per heavy atom. The second-order valence-corrected chi connectivity index (χ2v) is 7.56. The Bertz CT molecular complexity index is 415. The summed E-state index contributed by atoms with van der Waals surface area (Å²) in [6, 6.07) is -0.947. The van der Waals surface area contributed by atoms with Crippen molar-refractivity contribution in [2.24, 2.45) is 5.11 Å². The van der Waals surface area contributed by atoms with Gasteiger partial charge < -0.3 is 4.74 Å². The topological polar surface area (TPSA) is 104 Å². The van der Waals surface area contributed by atoms with Gasteiger partial charge in [0.05, 0.1) is 21.8 Å². The largest absolute Gasteiger partial charge is 0.460 e. The van der Waals surface area contributed by atoms with Gasteiger partial charge >= 0.3 is 5.97 Å². The highest BCUT2D eigenvalue weighted by Gasteiger charge is 2.34. The minimum atomic E-state index is -1.22. The molecule has 108 valence electrons. The van der Waals surface area contributed by atoms with Crippen LogP contribution in [0.2, 0.25) is 0 Å². The first-order chi connectivity index (χ1) is 8.75. The molecule has 19 heavy (non-hydrogen) atoms. The molecule has 0 saturated carbocycles. The molecule has 0 aromatic rings. The molecule has 0 bridgehead atoms. The maximum absolute atomic E-state index is 12.0. The molecule has 4 atom stereocenters. The normalized spacial score (nSPS) is 27.1. The molecule has 1 heterocycles. The fourth-order valence-corrected chi connectivity index (χ4v) is 2.51. The summed E-state index contributed by atoms with van der Waals surface area (Å²) in [6.07, 6.45) is 0.705. The summed E-state index contributed by atoms with van der Waals surface area (Å²) in [7, 11) is -1.22. The SMILES string of the molecule is C[C@@H](NS(=O)C(C)(C)C)[C@@H]1CCC(N=[N+]=[N-])C(=O)O1. The summed E-state index contributed by atoms with van der Waals surface area (Å²) >= 11 is 0. The molecule has 0 aliphatic carbocycles. The van der Waals surface area contributed by atoms with E-state index in [1.807, 2.05) is 27.7 Å². The standard InChI is InChI=1S/C11H20N4O3S/c1-7(14-19(17)11(2,3)4)9-6-5-8(13-15-12)10(16)18-9/h7-9,14H,5-6H2,1-4H3/t7-,8?,9+,19?/m1/s1. The van der Waals surface area contributed by atoms with Gasteiger partial charge in [0.1, 0.15) is 12.1 Å². The van der Waals surface area contributed by atoms with E-state index in [2.05, 4.69) is 14.7 Å². The maximum atomic E-state index is 12.0. The predicted octanol–water partition coefficient (Wildman–Crippen LogP) is 1.81. The highest BCUT2D eigenvalue weighted by molar-refractivity contribution is 7.84. The summed E-state index contributed by atoms with van der Waals surface area (Å²) in [5.41, 5.74) is 8.32. The van der Waals surface area contributed by atoms with Crippen molar-refractivity contribution >= 4 is 17.0 Å². The van der Waals surface area contributed by atoms with Crippen LogP contribution in [0.15, 0.2) is 5.11 Å². The Kier molecular flexibility index (Phi) is 5.34. The number of nitrogens with zero attached hydrogens (tertiary/aromatic N) is 3. The third-order valence-electron chi connectivity index (χ3n) is 2.86. The number of carbonyl (C=O) groups excluding carboxylic acids is 1. The summed E-state index contributed by atoms with van der Waals surface area (Å²) < 4.78 is 19.8. The van der Waals surface area contributed by atoms with Crippen molar-refractivity contribution in [1.82, 2.24) is 4.72 Å². The quantitative estimate of drug-likeness (QED) is 0.369. The Hall–Kier alpha value is -1.11. The van der Waals surface area contributed by atoms with E-state index in [1.165, 1.54) is 0 Å². The zero-order valence-corrected chi connectivity index (χ0v) is 12.4. The smallest absolute Gasteiger partial charge is 0.315 e. The lowest BCUT2D eigenvalue weighted by Gasteiger charge is -2.31. The monoisotopic (exact) mass is 288 g/mol. The second-order valence-electron chi connectivity index (χ2n) is 5.56. The Labute approximate surface area is 115 Å². The molecule has 7 nitrogen and oxygen atoms in total. The van der Waals surface area contributed by atoms with E-state index in [0.29, 0.717) is 12.8 Å². The molecule has 0 amide bonds. The van der Waals surface area contributed by atoms with E-state index in [1.54, 1.807) is 0 Å². The Morgan fingerprint density at radius 1 is 1.53 bits per heavy atom. The fourth-order valence-electron chi connectivity index (χ4n) is 1.67. The Balaban J connectivity index is 2.57. The van der Waals surface area contributed by atoms with Crippen LogP contribution in [-0.4, -0.2) is 33.1 Å². The van der Waals surface area contributed by atoms with Crippen molar-refractivity contribution in [3.63, 3.8) is 0 Å². The van der Waals surface area contributed by atoms with Crippen molar-refractivity contribution < 1.29 is 13.7 Å². The molecule has 1 saturated heterocycles. The molecular weight excluding hydrogens is 268 g/mol. The van der Waals surface area contributed by atoms with Crippen LogP contribution in [-0.2, 0) is 20.5 Å². The molecule has 0 aromatic heterocycles. The number of ether oxygens (including phenoxy) is 1. The van der Waals surface area contributed by atoms with Crippen molar-refractivity contribution in [2.75, 3.05) is 0 Å². The van der Waals surface area contributed by atoms with Crippen molar-refractivity contribution in [3.8, 4) is 0 Å². The van der Waals surface area contributed by atoms with E-state index in [0.717, 1.165) is 0 Å². The first-order valence-corrected chi connectivity index (χ1v) is 7.33. The summed E-state index contributed by atoms with van der Waals surface area (Å²) in [5.74, 6) is -0.510. The van der Waals surface area contributed by atoms with Crippen molar-refractivity contribution in [1.29, 1.82) is 0 Å². The lowest BCUT2D eigenvalue weighted by Crippen LogP contribution is -2.48. The minimum absolute atomic E-state index is 0.212. The molecular formula is C11H20N4O3S. The van der Waals surface area contributed by atoms with Gasteiger partial charge in [-0.25, -0.2) is 8.93 Å². The number of rotatable bonds is 4. The number of hydrogen-bond donors (Lipinski definition) is 1. The van der Waals surface area contributed by atoms with Gasteiger partial charge in [0, 0.05) is 4.91 Å². The molecule has 1 aliphatic heterocycles. The van der Waals surface area contributed by atoms with Crippen LogP contribution in [0.25, 0.3) is 10.4 Å². The highest BCUT2D eigenvalue weighted by atomic mass is 32.2. The van der Waals surface area contributed by atoms with E-state index >= 15 is 0 Å². The van der Waals surface area contributed by atoms with Gasteiger partial charge in [0.25, 0.3) is 0 Å². The molecule has 0 spiro atoms. The number of hydrogen-bond acceptors (Lipinski definition) is 4. The average Bonchev–Trinajstić information content (AvgIpc) is 2.30. The number of azide groups is 1.